The molecule has 0 unspecified atom stereocenters. The van der Waals surface area contributed by atoms with Crippen LogP contribution in [-0.2, 0) is 18.3 Å². The van der Waals surface area contributed by atoms with Crippen LogP contribution in [0.2, 0.25) is 5.02 Å². The van der Waals surface area contributed by atoms with E-state index in [4.69, 9.17) is 16.0 Å². The third-order valence-corrected chi connectivity index (χ3v) is 3.09. The molecule has 0 radical (unpaired) electrons. The number of furan rings is 1. The van der Waals surface area contributed by atoms with Gasteiger partial charge in [-0.2, -0.15) is 0 Å². The maximum atomic E-state index is 11.8. The fourth-order valence-corrected chi connectivity index (χ4v) is 2.07. The summed E-state index contributed by atoms with van der Waals surface area (Å²) in [5.41, 5.74) is 0.202. The van der Waals surface area contributed by atoms with Gasteiger partial charge in [0.15, 0.2) is 0 Å². The molecule has 0 atom stereocenters. The minimum atomic E-state index is -0.296. The predicted molar refractivity (Wildman–Crippen MR) is 77.1 cm³/mol. The number of pyridine rings is 1. The van der Waals surface area contributed by atoms with Crippen molar-refractivity contribution in [2.75, 3.05) is 5.32 Å². The van der Waals surface area contributed by atoms with Crippen molar-refractivity contribution in [3.05, 3.63) is 51.3 Å². The van der Waals surface area contributed by atoms with Crippen LogP contribution in [0.25, 0.3) is 0 Å². The first-order valence-electron chi connectivity index (χ1n) is 6.17. The van der Waals surface area contributed by atoms with Gasteiger partial charge in [-0.05, 0) is 25.1 Å². The van der Waals surface area contributed by atoms with Crippen LogP contribution in [0.15, 0.2) is 33.6 Å². The van der Waals surface area contributed by atoms with Gasteiger partial charge in [0.05, 0.1) is 5.69 Å². The SMILES string of the molecule is Cc1ccc(CCC(=O)Nc2cc(Cl)c(=O)n(C)c2)o1. The van der Waals surface area contributed by atoms with E-state index in [9.17, 15) is 9.59 Å². The van der Waals surface area contributed by atoms with Crippen molar-refractivity contribution in [3.63, 3.8) is 0 Å². The summed E-state index contributed by atoms with van der Waals surface area (Å²) in [6, 6.07) is 5.16. The van der Waals surface area contributed by atoms with E-state index >= 15 is 0 Å². The predicted octanol–water partition coefficient (Wildman–Crippen LogP) is 2.51. The Morgan fingerprint density at radius 3 is 2.80 bits per heavy atom. The molecule has 0 saturated heterocycles. The van der Waals surface area contributed by atoms with Gasteiger partial charge in [0.1, 0.15) is 16.5 Å². The van der Waals surface area contributed by atoms with Gasteiger partial charge in [-0.25, -0.2) is 0 Å². The number of aryl methyl sites for hydroxylation is 3. The molecular weight excluding hydrogens is 280 g/mol. The highest BCUT2D eigenvalue weighted by molar-refractivity contribution is 6.30. The third-order valence-electron chi connectivity index (χ3n) is 2.82. The van der Waals surface area contributed by atoms with Gasteiger partial charge in [-0.3, -0.25) is 9.59 Å². The second-order valence-electron chi connectivity index (χ2n) is 4.55. The summed E-state index contributed by atoms with van der Waals surface area (Å²) in [6.07, 6.45) is 2.36. The van der Waals surface area contributed by atoms with E-state index < -0.39 is 0 Å². The lowest BCUT2D eigenvalue weighted by atomic mass is 10.2. The number of amides is 1. The standard InChI is InChI=1S/C14H15ClN2O3/c1-9-3-4-11(20-9)5-6-13(18)16-10-7-12(15)14(19)17(2)8-10/h3-4,7-8H,5-6H2,1-2H3,(H,16,18). The van der Waals surface area contributed by atoms with E-state index in [-0.39, 0.29) is 16.5 Å². The molecule has 20 heavy (non-hydrogen) atoms. The topological polar surface area (TPSA) is 64.2 Å². The first-order chi connectivity index (χ1) is 9.45. The van der Waals surface area contributed by atoms with Gasteiger partial charge in [-0.15, -0.1) is 0 Å². The lowest BCUT2D eigenvalue weighted by Crippen LogP contribution is -2.19. The zero-order chi connectivity index (χ0) is 14.7. The van der Waals surface area contributed by atoms with Crippen LogP contribution in [-0.4, -0.2) is 10.5 Å². The van der Waals surface area contributed by atoms with Gasteiger partial charge < -0.3 is 14.3 Å². The minimum Gasteiger partial charge on any atom is -0.466 e. The van der Waals surface area contributed by atoms with E-state index in [0.29, 0.717) is 18.5 Å². The van der Waals surface area contributed by atoms with Gasteiger partial charge in [0.25, 0.3) is 5.56 Å². The van der Waals surface area contributed by atoms with E-state index in [1.54, 1.807) is 7.05 Å². The molecule has 0 aliphatic carbocycles. The Labute approximate surface area is 121 Å². The summed E-state index contributed by atoms with van der Waals surface area (Å²) < 4.78 is 6.72. The Morgan fingerprint density at radius 2 is 2.20 bits per heavy atom. The van der Waals surface area contributed by atoms with Crippen molar-refractivity contribution in [1.82, 2.24) is 4.57 Å². The summed E-state index contributed by atoms with van der Waals surface area (Å²) in [4.78, 5) is 23.2. The molecule has 1 N–H and O–H groups in total. The van der Waals surface area contributed by atoms with E-state index in [0.717, 1.165) is 11.5 Å². The van der Waals surface area contributed by atoms with E-state index in [1.165, 1.54) is 16.8 Å². The smallest absolute Gasteiger partial charge is 0.269 e. The Bertz CT molecular complexity index is 662. The van der Waals surface area contributed by atoms with Crippen LogP contribution in [0.1, 0.15) is 17.9 Å². The molecule has 5 nitrogen and oxygen atoms in total. The quantitative estimate of drug-likeness (QED) is 0.942. The molecule has 2 heterocycles. The van der Waals surface area contributed by atoms with Crippen LogP contribution >= 0.6 is 11.6 Å². The molecule has 2 aromatic heterocycles. The zero-order valence-electron chi connectivity index (χ0n) is 11.3. The van der Waals surface area contributed by atoms with Crippen molar-refractivity contribution in [2.45, 2.75) is 19.8 Å². The van der Waals surface area contributed by atoms with Gasteiger partial charge in [0, 0.05) is 26.1 Å². The number of nitrogens with one attached hydrogen (secondary N) is 1. The molecule has 0 spiro atoms. The summed E-state index contributed by atoms with van der Waals surface area (Å²) >= 11 is 5.78. The van der Waals surface area contributed by atoms with E-state index in [1.807, 2.05) is 19.1 Å². The zero-order valence-corrected chi connectivity index (χ0v) is 12.0. The first kappa shape index (κ1) is 14.4. The van der Waals surface area contributed by atoms with Crippen molar-refractivity contribution < 1.29 is 9.21 Å². The van der Waals surface area contributed by atoms with E-state index in [2.05, 4.69) is 5.32 Å². The Hall–Kier alpha value is -2.01. The van der Waals surface area contributed by atoms with Gasteiger partial charge in [-0.1, -0.05) is 11.6 Å². The van der Waals surface area contributed by atoms with Crippen LogP contribution in [0.5, 0.6) is 0 Å². The van der Waals surface area contributed by atoms with Crippen LogP contribution in [0, 0.1) is 6.92 Å². The Balaban J connectivity index is 1.96. The van der Waals surface area contributed by atoms with Crippen molar-refractivity contribution in [2.24, 2.45) is 7.05 Å². The molecule has 0 aliphatic heterocycles. The number of carbonyl (C=O) groups excluding carboxylic acids is 1. The number of hydrogen-bond donors (Lipinski definition) is 1. The van der Waals surface area contributed by atoms with Crippen LogP contribution < -0.4 is 10.9 Å². The fraction of sp³-hybridized carbons (Fsp3) is 0.286. The maximum absolute atomic E-state index is 11.8. The lowest BCUT2D eigenvalue weighted by Gasteiger charge is -2.07. The third kappa shape index (κ3) is 3.51. The molecule has 106 valence electrons. The molecular formula is C14H15ClN2O3. The monoisotopic (exact) mass is 294 g/mol. The van der Waals surface area contributed by atoms with Crippen molar-refractivity contribution >= 4 is 23.2 Å². The maximum Gasteiger partial charge on any atom is 0.269 e. The number of anilines is 1. The highest BCUT2D eigenvalue weighted by atomic mass is 35.5. The number of rotatable bonds is 4. The van der Waals surface area contributed by atoms with Crippen LogP contribution in [0.4, 0.5) is 5.69 Å². The molecule has 2 rings (SSSR count). The van der Waals surface area contributed by atoms with Crippen molar-refractivity contribution in [3.8, 4) is 0 Å². The van der Waals surface area contributed by atoms with Gasteiger partial charge >= 0.3 is 0 Å². The summed E-state index contributed by atoms with van der Waals surface area (Å²) in [6.45, 7) is 1.86. The molecule has 0 aromatic carbocycles. The molecule has 0 aliphatic rings. The van der Waals surface area contributed by atoms with Gasteiger partial charge in [0.2, 0.25) is 5.91 Å². The normalized spacial score (nSPS) is 10.6. The molecule has 0 fully saturated rings. The summed E-state index contributed by atoms with van der Waals surface area (Å²) in [5.74, 6) is 1.44. The fourth-order valence-electron chi connectivity index (χ4n) is 1.82. The average molecular weight is 295 g/mol. The number of hydrogen-bond acceptors (Lipinski definition) is 3. The summed E-state index contributed by atoms with van der Waals surface area (Å²) in [5, 5.41) is 2.78. The lowest BCUT2D eigenvalue weighted by molar-refractivity contribution is -0.116. The second-order valence-corrected chi connectivity index (χ2v) is 4.96. The average Bonchev–Trinajstić information content (AvgIpc) is 2.79. The molecule has 1 amide bonds. The largest absolute Gasteiger partial charge is 0.466 e. The molecule has 0 bridgehead atoms. The number of carbonyl (C=O) groups is 1. The summed E-state index contributed by atoms with van der Waals surface area (Å²) in [7, 11) is 1.58. The second kappa shape index (κ2) is 5.96. The molecule has 2 aromatic rings. The molecule has 0 saturated carbocycles. The van der Waals surface area contributed by atoms with Crippen LogP contribution in [0.3, 0.4) is 0 Å². The Kier molecular flexibility index (Phi) is 4.29. The first-order valence-corrected chi connectivity index (χ1v) is 6.55. The Morgan fingerprint density at radius 1 is 1.45 bits per heavy atom. The van der Waals surface area contributed by atoms with Crippen molar-refractivity contribution in [1.29, 1.82) is 0 Å². The minimum absolute atomic E-state index is 0.0759. The number of halogens is 1. The molecule has 6 heteroatoms. The number of aromatic nitrogens is 1. The highest BCUT2D eigenvalue weighted by Gasteiger charge is 2.08. The number of nitrogens with zero attached hydrogens (tertiary/aromatic N) is 1. The highest BCUT2D eigenvalue weighted by Crippen LogP contribution is 2.12.